The number of primary amides is 1. The number of amides is 3. The van der Waals surface area contributed by atoms with Crippen molar-refractivity contribution in [1.29, 1.82) is 0 Å². The summed E-state index contributed by atoms with van der Waals surface area (Å²) >= 11 is 6.13. The van der Waals surface area contributed by atoms with Crippen LogP contribution in [0.3, 0.4) is 0 Å². The average molecular weight is 502 g/mol. The zero-order valence-electron chi connectivity index (χ0n) is 20.8. The van der Waals surface area contributed by atoms with Crippen LogP contribution in [0.4, 0.5) is 5.69 Å². The maximum Gasteiger partial charge on any atom is 0.248 e. The van der Waals surface area contributed by atoms with Crippen LogP contribution in [0.5, 0.6) is 5.75 Å². The summed E-state index contributed by atoms with van der Waals surface area (Å²) < 4.78 is 5.95. The Morgan fingerprint density at radius 2 is 1.57 bits per heavy atom. The van der Waals surface area contributed by atoms with Gasteiger partial charge in [0.25, 0.3) is 0 Å². The number of benzene rings is 2. The van der Waals surface area contributed by atoms with E-state index in [0.717, 1.165) is 30.6 Å². The highest BCUT2D eigenvalue weighted by Crippen LogP contribution is 2.33. The van der Waals surface area contributed by atoms with Gasteiger partial charge in [-0.15, -0.1) is 0 Å². The molecule has 0 radical (unpaired) electrons. The van der Waals surface area contributed by atoms with Crippen LogP contribution >= 0.6 is 11.6 Å². The van der Waals surface area contributed by atoms with E-state index >= 15 is 0 Å². The normalized spacial score (nSPS) is 11.1. The summed E-state index contributed by atoms with van der Waals surface area (Å²) in [5.74, 6) is 0.216. The van der Waals surface area contributed by atoms with Gasteiger partial charge in [-0.05, 0) is 73.6 Å². The van der Waals surface area contributed by atoms with Crippen LogP contribution in [-0.2, 0) is 15.0 Å². The molecule has 7 nitrogen and oxygen atoms in total. The maximum absolute atomic E-state index is 12.0. The minimum atomic E-state index is -0.508. The Hall–Kier alpha value is -3.06. The lowest BCUT2D eigenvalue weighted by Gasteiger charge is -2.23. The van der Waals surface area contributed by atoms with Gasteiger partial charge in [0.05, 0.1) is 6.61 Å². The molecule has 8 heteroatoms. The van der Waals surface area contributed by atoms with Gasteiger partial charge in [-0.2, -0.15) is 0 Å². The van der Waals surface area contributed by atoms with Crippen LogP contribution in [0.1, 0.15) is 75.2 Å². The van der Waals surface area contributed by atoms with Gasteiger partial charge >= 0.3 is 0 Å². The monoisotopic (exact) mass is 501 g/mol. The SMILES string of the molecule is CC(C)(C)c1cc(Cl)ccc1OCCCCC(=O)NCCCCC(=O)Nc1ccc(C(N)=O)cc1. The Morgan fingerprint density at radius 3 is 2.23 bits per heavy atom. The fraction of sp³-hybridized carbons (Fsp3) is 0.444. The molecule has 2 aromatic carbocycles. The van der Waals surface area contributed by atoms with E-state index in [1.54, 1.807) is 24.3 Å². The average Bonchev–Trinajstić information content (AvgIpc) is 2.79. The molecule has 0 aliphatic heterocycles. The van der Waals surface area contributed by atoms with E-state index in [0.29, 0.717) is 48.7 Å². The van der Waals surface area contributed by atoms with E-state index in [9.17, 15) is 14.4 Å². The molecule has 190 valence electrons. The number of carbonyl (C=O) groups excluding carboxylic acids is 3. The minimum absolute atomic E-state index is 0.00543. The zero-order valence-corrected chi connectivity index (χ0v) is 21.5. The Morgan fingerprint density at radius 1 is 0.914 bits per heavy atom. The highest BCUT2D eigenvalue weighted by atomic mass is 35.5. The van der Waals surface area contributed by atoms with E-state index in [2.05, 4.69) is 31.4 Å². The standard InChI is InChI=1S/C27H36ClN3O4/c1-27(2,3)22-18-20(28)12-15-23(22)35-17-7-5-8-24(32)30-16-6-4-9-25(33)31-21-13-10-19(11-14-21)26(29)34/h10-15,18H,4-9,16-17H2,1-3H3,(H2,29,34)(H,30,32)(H,31,33). The first-order valence-electron chi connectivity index (χ1n) is 12.0. The van der Waals surface area contributed by atoms with Crippen LogP contribution in [0, 0.1) is 0 Å². The van der Waals surface area contributed by atoms with E-state index < -0.39 is 5.91 Å². The van der Waals surface area contributed by atoms with Gasteiger partial charge in [0.1, 0.15) is 5.75 Å². The van der Waals surface area contributed by atoms with Gasteiger partial charge in [0.15, 0.2) is 0 Å². The maximum atomic E-state index is 12.0. The molecule has 0 unspecified atom stereocenters. The van der Waals surface area contributed by atoms with E-state index in [4.69, 9.17) is 22.1 Å². The van der Waals surface area contributed by atoms with Gasteiger partial charge in [-0.3, -0.25) is 14.4 Å². The van der Waals surface area contributed by atoms with Crippen molar-refractivity contribution in [2.75, 3.05) is 18.5 Å². The van der Waals surface area contributed by atoms with Crippen molar-refractivity contribution >= 4 is 35.0 Å². The second-order valence-electron chi connectivity index (χ2n) is 9.49. The van der Waals surface area contributed by atoms with Crippen molar-refractivity contribution in [2.45, 2.75) is 64.7 Å². The van der Waals surface area contributed by atoms with E-state index in [1.165, 1.54) is 0 Å². The van der Waals surface area contributed by atoms with Crippen LogP contribution in [0.2, 0.25) is 5.02 Å². The number of hydrogen-bond donors (Lipinski definition) is 3. The third kappa shape index (κ3) is 10.4. The van der Waals surface area contributed by atoms with Crippen LogP contribution in [0.25, 0.3) is 0 Å². The third-order valence-electron chi connectivity index (χ3n) is 5.41. The molecule has 2 rings (SSSR count). The smallest absolute Gasteiger partial charge is 0.248 e. The highest BCUT2D eigenvalue weighted by molar-refractivity contribution is 6.30. The predicted molar refractivity (Wildman–Crippen MR) is 140 cm³/mol. The second-order valence-corrected chi connectivity index (χ2v) is 9.93. The summed E-state index contributed by atoms with van der Waals surface area (Å²) in [6.45, 7) is 7.43. The molecule has 0 aromatic heterocycles. The first-order valence-corrected chi connectivity index (χ1v) is 12.3. The quantitative estimate of drug-likeness (QED) is 0.327. The summed E-state index contributed by atoms with van der Waals surface area (Å²) in [5.41, 5.74) is 7.20. The number of unbranched alkanes of at least 4 members (excludes halogenated alkanes) is 2. The largest absolute Gasteiger partial charge is 0.493 e. The molecule has 0 heterocycles. The zero-order chi connectivity index (χ0) is 25.8. The first kappa shape index (κ1) is 28.2. The Bertz CT molecular complexity index is 1000. The number of hydrogen-bond acceptors (Lipinski definition) is 4. The molecule has 35 heavy (non-hydrogen) atoms. The summed E-state index contributed by atoms with van der Waals surface area (Å²) in [4.78, 5) is 35.1. The Balaban J connectivity index is 1.55. The molecule has 4 N–H and O–H groups in total. The summed E-state index contributed by atoms with van der Waals surface area (Å²) in [5, 5.41) is 6.36. The molecular formula is C27H36ClN3O4. The molecule has 0 atom stereocenters. The fourth-order valence-corrected chi connectivity index (χ4v) is 3.62. The molecule has 2 aromatic rings. The minimum Gasteiger partial charge on any atom is -0.493 e. The molecule has 3 amide bonds. The summed E-state index contributed by atoms with van der Waals surface area (Å²) in [6.07, 6.45) is 3.69. The summed E-state index contributed by atoms with van der Waals surface area (Å²) in [7, 11) is 0. The van der Waals surface area contributed by atoms with Crippen LogP contribution in [0.15, 0.2) is 42.5 Å². The van der Waals surface area contributed by atoms with Gasteiger partial charge < -0.3 is 21.1 Å². The van der Waals surface area contributed by atoms with Crippen molar-refractivity contribution in [3.05, 3.63) is 58.6 Å². The topological polar surface area (TPSA) is 111 Å². The molecule has 0 aliphatic rings. The second kappa shape index (κ2) is 13.7. The number of nitrogens with one attached hydrogen (secondary N) is 2. The molecule has 0 spiro atoms. The molecule has 0 aliphatic carbocycles. The highest BCUT2D eigenvalue weighted by Gasteiger charge is 2.19. The first-order chi connectivity index (χ1) is 16.6. The number of anilines is 1. The Kier molecular flexibility index (Phi) is 11.1. The van der Waals surface area contributed by atoms with Crippen LogP contribution in [-0.4, -0.2) is 30.9 Å². The number of rotatable bonds is 13. The van der Waals surface area contributed by atoms with Crippen molar-refractivity contribution in [2.24, 2.45) is 5.73 Å². The van der Waals surface area contributed by atoms with Gasteiger partial charge in [0.2, 0.25) is 17.7 Å². The molecule has 0 fully saturated rings. The van der Waals surface area contributed by atoms with Gasteiger partial charge in [-0.25, -0.2) is 0 Å². The molecule has 0 saturated carbocycles. The fourth-order valence-electron chi connectivity index (χ4n) is 3.45. The number of ether oxygens (including phenoxy) is 1. The third-order valence-corrected chi connectivity index (χ3v) is 5.65. The van der Waals surface area contributed by atoms with Gasteiger partial charge in [0, 0.05) is 41.2 Å². The molecule has 0 saturated heterocycles. The lowest BCUT2D eigenvalue weighted by Crippen LogP contribution is -2.24. The molecular weight excluding hydrogens is 466 g/mol. The van der Waals surface area contributed by atoms with E-state index in [1.807, 2.05) is 18.2 Å². The number of carbonyl (C=O) groups is 3. The predicted octanol–water partition coefficient (Wildman–Crippen LogP) is 5.21. The summed E-state index contributed by atoms with van der Waals surface area (Å²) in [6, 6.07) is 12.1. The van der Waals surface area contributed by atoms with Crippen molar-refractivity contribution in [3.63, 3.8) is 0 Å². The molecule has 0 bridgehead atoms. The number of nitrogens with two attached hydrogens (primary N) is 1. The van der Waals surface area contributed by atoms with Crippen molar-refractivity contribution in [3.8, 4) is 5.75 Å². The van der Waals surface area contributed by atoms with E-state index in [-0.39, 0.29) is 17.2 Å². The van der Waals surface area contributed by atoms with Crippen molar-refractivity contribution in [1.82, 2.24) is 5.32 Å². The van der Waals surface area contributed by atoms with Gasteiger partial charge in [-0.1, -0.05) is 32.4 Å². The lowest BCUT2D eigenvalue weighted by molar-refractivity contribution is -0.121. The van der Waals surface area contributed by atoms with Crippen LogP contribution < -0.4 is 21.1 Å². The van der Waals surface area contributed by atoms with Crippen molar-refractivity contribution < 1.29 is 19.1 Å². The Labute approximate surface area is 212 Å². The lowest BCUT2D eigenvalue weighted by atomic mass is 9.86. The number of halogens is 1.